The second-order valence-corrected chi connectivity index (χ2v) is 7.64. The molecule has 166 valence electrons. The first kappa shape index (κ1) is 22.7. The van der Waals surface area contributed by atoms with Crippen LogP contribution in [0.25, 0.3) is 0 Å². The summed E-state index contributed by atoms with van der Waals surface area (Å²) < 4.78 is 5.06. The number of carbonyl (C=O) groups excluding carboxylic acids is 2. The number of nitrogen functional groups attached to an aromatic ring is 1. The van der Waals surface area contributed by atoms with Crippen LogP contribution in [-0.2, 0) is 27.5 Å². The number of aliphatic carboxylic acids is 1. The van der Waals surface area contributed by atoms with Crippen molar-refractivity contribution in [2.45, 2.75) is 35.7 Å². The fourth-order valence-corrected chi connectivity index (χ4v) is 3.25. The number of nitrogens with two attached hydrogens (primary N) is 1. The minimum Gasteiger partial charge on any atom is -0.481 e. The Kier molecular flexibility index (Phi) is 7.75. The number of benzene rings is 2. The molecule has 0 saturated carbocycles. The van der Waals surface area contributed by atoms with Crippen LogP contribution >= 0.6 is 11.8 Å². The maximum absolute atomic E-state index is 12.6. The predicted octanol–water partition coefficient (Wildman–Crippen LogP) is 1.75. The number of ether oxygens (including phenoxy) is 1. The largest absolute Gasteiger partial charge is 0.481 e. The lowest BCUT2D eigenvalue weighted by molar-refractivity contribution is -0.139. The molecule has 1 atom stereocenters. The van der Waals surface area contributed by atoms with Crippen LogP contribution in [0.4, 0.5) is 10.5 Å². The van der Waals surface area contributed by atoms with Crippen molar-refractivity contribution in [1.82, 2.24) is 25.5 Å². The number of carboxylic acids is 1. The number of Topliss-reactive ketones (excluding diaryl/α,β-unsaturated/α-hetero) is 1. The average Bonchev–Trinajstić information content (AvgIpc) is 3.20. The molecule has 3 aromatic rings. The predicted molar refractivity (Wildman–Crippen MR) is 114 cm³/mol. The van der Waals surface area contributed by atoms with E-state index >= 15 is 0 Å². The smallest absolute Gasteiger partial charge is 0.408 e. The lowest BCUT2D eigenvalue weighted by atomic mass is 10.1. The summed E-state index contributed by atoms with van der Waals surface area (Å²) in [4.78, 5) is 37.7. The number of alkyl carbamates (subject to hydrolysis) is 1. The molecule has 0 fully saturated rings. The van der Waals surface area contributed by atoms with E-state index in [1.807, 2.05) is 6.07 Å². The topological polar surface area (TPSA) is 162 Å². The van der Waals surface area contributed by atoms with E-state index in [2.05, 4.69) is 20.7 Å². The molecule has 1 aromatic heterocycles. The van der Waals surface area contributed by atoms with Crippen molar-refractivity contribution in [3.63, 3.8) is 0 Å². The monoisotopic (exact) mass is 456 g/mol. The first-order valence-electron chi connectivity index (χ1n) is 9.42. The highest BCUT2D eigenvalue weighted by molar-refractivity contribution is 7.99. The van der Waals surface area contributed by atoms with Crippen LogP contribution in [0.15, 0.2) is 64.6 Å². The van der Waals surface area contributed by atoms with E-state index in [0.29, 0.717) is 10.8 Å². The van der Waals surface area contributed by atoms with E-state index in [4.69, 9.17) is 15.6 Å². The Balaban J connectivity index is 1.57. The van der Waals surface area contributed by atoms with Crippen LogP contribution < -0.4 is 11.1 Å². The first-order valence-corrected chi connectivity index (χ1v) is 10.2. The molecule has 32 heavy (non-hydrogen) atoms. The number of rotatable bonds is 10. The van der Waals surface area contributed by atoms with Crippen molar-refractivity contribution >= 4 is 35.3 Å². The van der Waals surface area contributed by atoms with Gasteiger partial charge in [0.25, 0.3) is 0 Å². The molecule has 3 rings (SSSR count). The van der Waals surface area contributed by atoms with E-state index in [1.165, 1.54) is 11.8 Å². The molecule has 0 saturated heterocycles. The zero-order valence-electron chi connectivity index (χ0n) is 16.7. The van der Waals surface area contributed by atoms with E-state index in [9.17, 15) is 14.4 Å². The highest BCUT2D eigenvalue weighted by Crippen LogP contribution is 2.24. The highest BCUT2D eigenvalue weighted by Gasteiger charge is 2.25. The zero-order valence-corrected chi connectivity index (χ0v) is 17.6. The minimum absolute atomic E-state index is 0.0169. The molecule has 2 aromatic carbocycles. The molecule has 11 nitrogen and oxygen atoms in total. The van der Waals surface area contributed by atoms with E-state index in [-0.39, 0.29) is 13.2 Å². The summed E-state index contributed by atoms with van der Waals surface area (Å²) in [6, 6.07) is 14.7. The quantitative estimate of drug-likeness (QED) is 0.383. The van der Waals surface area contributed by atoms with Crippen LogP contribution in [-0.4, -0.2) is 49.2 Å². The fraction of sp³-hybridized carbons (Fsp3) is 0.200. The van der Waals surface area contributed by atoms with Gasteiger partial charge < -0.3 is 20.9 Å². The average molecular weight is 456 g/mol. The van der Waals surface area contributed by atoms with Crippen molar-refractivity contribution in [2.75, 3.05) is 5.73 Å². The Labute approximate surface area is 186 Å². The Morgan fingerprint density at radius 1 is 1.12 bits per heavy atom. The van der Waals surface area contributed by atoms with E-state index in [1.54, 1.807) is 48.5 Å². The number of hydrogen-bond donors (Lipinski definition) is 3. The van der Waals surface area contributed by atoms with Gasteiger partial charge in [0.15, 0.2) is 5.78 Å². The Hall–Kier alpha value is -3.93. The lowest BCUT2D eigenvalue weighted by Gasteiger charge is -2.15. The van der Waals surface area contributed by atoms with Crippen LogP contribution in [0, 0.1) is 0 Å². The maximum Gasteiger partial charge on any atom is 0.408 e. The number of hydrogen-bond acceptors (Lipinski definition) is 9. The second kappa shape index (κ2) is 10.9. The number of nitrogens with zero attached hydrogens (tertiary/aromatic N) is 4. The number of amides is 1. The molecule has 4 N–H and O–H groups in total. The van der Waals surface area contributed by atoms with Gasteiger partial charge in [-0.2, -0.15) is 4.80 Å². The van der Waals surface area contributed by atoms with Gasteiger partial charge in [-0.25, -0.2) is 4.79 Å². The third-order valence-electron chi connectivity index (χ3n) is 4.09. The molecule has 0 bridgehead atoms. The summed E-state index contributed by atoms with van der Waals surface area (Å²) in [5, 5.41) is 23.5. The van der Waals surface area contributed by atoms with Crippen molar-refractivity contribution in [3.8, 4) is 0 Å². The Bertz CT molecular complexity index is 1070. The van der Waals surface area contributed by atoms with Crippen molar-refractivity contribution < 1.29 is 24.2 Å². The number of tetrazole rings is 1. The van der Waals surface area contributed by atoms with Crippen LogP contribution in [0.5, 0.6) is 0 Å². The Morgan fingerprint density at radius 3 is 2.53 bits per heavy atom. The number of aromatic nitrogens is 4. The van der Waals surface area contributed by atoms with E-state index < -0.39 is 30.3 Å². The molecular weight excluding hydrogens is 436 g/mol. The third-order valence-corrected chi connectivity index (χ3v) is 4.95. The molecular formula is C20H20N6O5S. The summed E-state index contributed by atoms with van der Waals surface area (Å²) in [5.74, 6) is -1.86. The maximum atomic E-state index is 12.6. The van der Waals surface area contributed by atoms with Gasteiger partial charge in [-0.1, -0.05) is 30.3 Å². The van der Waals surface area contributed by atoms with Crippen molar-refractivity contribution in [2.24, 2.45) is 0 Å². The van der Waals surface area contributed by atoms with Gasteiger partial charge >= 0.3 is 12.1 Å². The molecule has 1 unspecified atom stereocenters. The van der Waals surface area contributed by atoms with Gasteiger partial charge in [-0.05, 0) is 46.8 Å². The van der Waals surface area contributed by atoms with Crippen LogP contribution in [0.3, 0.4) is 0 Å². The SMILES string of the molecule is Nc1ccc(Sc2nnn(CC(=O)C(CC(=O)O)NC(=O)OCc3ccccc3)n2)cc1. The van der Waals surface area contributed by atoms with Gasteiger partial charge in [0.2, 0.25) is 5.16 Å². The van der Waals surface area contributed by atoms with Crippen LogP contribution in [0.2, 0.25) is 0 Å². The second-order valence-electron chi connectivity index (χ2n) is 6.60. The van der Waals surface area contributed by atoms with E-state index in [0.717, 1.165) is 15.3 Å². The summed E-state index contributed by atoms with van der Waals surface area (Å²) in [5.41, 5.74) is 7.02. The number of anilines is 1. The van der Waals surface area contributed by atoms with Crippen molar-refractivity contribution in [3.05, 3.63) is 60.2 Å². The lowest BCUT2D eigenvalue weighted by Crippen LogP contribution is -2.44. The molecule has 0 aliphatic carbocycles. The summed E-state index contributed by atoms with van der Waals surface area (Å²) >= 11 is 1.22. The molecule has 0 aliphatic heterocycles. The molecule has 1 heterocycles. The normalized spacial score (nSPS) is 11.5. The van der Waals surface area contributed by atoms with Gasteiger partial charge in [-0.15, -0.1) is 10.2 Å². The zero-order chi connectivity index (χ0) is 22.9. The summed E-state index contributed by atoms with van der Waals surface area (Å²) in [7, 11) is 0. The number of ketones is 1. The highest BCUT2D eigenvalue weighted by atomic mass is 32.2. The summed E-state index contributed by atoms with van der Waals surface area (Å²) in [6.45, 7) is -0.386. The molecule has 12 heteroatoms. The standard InChI is InChI=1S/C20H20N6O5S/c21-14-6-8-15(9-7-14)32-19-23-25-26(24-19)11-17(27)16(10-18(28)29)22-20(30)31-12-13-4-2-1-3-5-13/h1-9,16H,10-12,21H2,(H,22,30)(H,28,29). The van der Waals surface area contributed by atoms with Gasteiger partial charge in [0.1, 0.15) is 19.2 Å². The number of carbonyl (C=O) groups is 3. The molecule has 0 spiro atoms. The Morgan fingerprint density at radius 2 is 1.84 bits per heavy atom. The van der Waals surface area contributed by atoms with Gasteiger partial charge in [0, 0.05) is 10.6 Å². The van der Waals surface area contributed by atoms with Crippen LogP contribution in [0.1, 0.15) is 12.0 Å². The molecule has 0 radical (unpaired) electrons. The van der Waals surface area contributed by atoms with Gasteiger partial charge in [0.05, 0.1) is 6.42 Å². The summed E-state index contributed by atoms with van der Waals surface area (Å²) in [6.07, 6.45) is -1.51. The number of nitrogens with one attached hydrogen (secondary N) is 1. The molecule has 0 aliphatic rings. The minimum atomic E-state index is -1.31. The third kappa shape index (κ3) is 7.09. The molecule has 1 amide bonds. The van der Waals surface area contributed by atoms with Crippen molar-refractivity contribution in [1.29, 1.82) is 0 Å². The first-order chi connectivity index (χ1) is 15.4. The fourth-order valence-electron chi connectivity index (χ4n) is 2.55. The number of carboxylic acid groups (broad SMARTS) is 1. The van der Waals surface area contributed by atoms with Gasteiger partial charge in [-0.3, -0.25) is 9.59 Å².